The second-order valence-corrected chi connectivity index (χ2v) is 2.27. The topological polar surface area (TPSA) is 51.8 Å². The molecule has 1 heterocycles. The molecule has 0 radical (unpaired) electrons. The van der Waals surface area contributed by atoms with E-state index in [0.717, 1.165) is 12.1 Å². The van der Waals surface area contributed by atoms with E-state index < -0.39 is 0 Å². The molecule has 0 saturated carbocycles. The Hall–Kier alpha value is -1.38. The van der Waals surface area contributed by atoms with Crippen LogP contribution in [-0.4, -0.2) is 9.97 Å². The second-order valence-electron chi connectivity index (χ2n) is 2.27. The minimum atomic E-state index is 0.458. The lowest BCUT2D eigenvalue weighted by Gasteiger charge is -1.98. The Morgan fingerprint density at radius 2 is 2.27 bits per heavy atom. The first-order chi connectivity index (χ1) is 5.24. The van der Waals surface area contributed by atoms with Crippen LogP contribution in [0.5, 0.6) is 0 Å². The Balaban J connectivity index is 2.91. The van der Waals surface area contributed by atoms with Crippen molar-refractivity contribution < 1.29 is 0 Å². The van der Waals surface area contributed by atoms with Crippen molar-refractivity contribution in [2.24, 2.45) is 5.73 Å². The lowest BCUT2D eigenvalue weighted by molar-refractivity contribution is 0.990. The lowest BCUT2D eigenvalue weighted by atomic mass is 10.3. The van der Waals surface area contributed by atoms with Gasteiger partial charge in [0.2, 0.25) is 0 Å². The molecule has 0 aliphatic rings. The number of rotatable bonds is 2. The third kappa shape index (κ3) is 1.77. The van der Waals surface area contributed by atoms with Crippen LogP contribution in [0.2, 0.25) is 0 Å². The van der Waals surface area contributed by atoms with Crippen molar-refractivity contribution >= 4 is 5.70 Å². The van der Waals surface area contributed by atoms with E-state index in [1.807, 2.05) is 6.92 Å². The fraction of sp³-hybridized carbons (Fsp3) is 0.250. The van der Waals surface area contributed by atoms with Crippen LogP contribution in [0, 0.1) is 0 Å². The van der Waals surface area contributed by atoms with E-state index in [1.54, 1.807) is 12.4 Å². The van der Waals surface area contributed by atoms with E-state index in [1.165, 1.54) is 0 Å². The largest absolute Gasteiger partial charge is 0.397 e. The van der Waals surface area contributed by atoms with Gasteiger partial charge in [-0.3, -0.25) is 9.97 Å². The maximum Gasteiger partial charge on any atom is 0.104 e. The normalized spacial score (nSPS) is 9.55. The Morgan fingerprint density at radius 3 is 2.64 bits per heavy atom. The minimum Gasteiger partial charge on any atom is -0.397 e. The van der Waals surface area contributed by atoms with Crippen molar-refractivity contribution in [2.45, 2.75) is 13.3 Å². The number of aromatic nitrogens is 2. The Labute approximate surface area is 66.0 Å². The minimum absolute atomic E-state index is 0.458. The van der Waals surface area contributed by atoms with Crippen molar-refractivity contribution in [1.29, 1.82) is 0 Å². The molecular formula is C8H11N3. The summed E-state index contributed by atoms with van der Waals surface area (Å²) in [5, 5.41) is 0. The first-order valence-electron chi connectivity index (χ1n) is 3.49. The summed E-state index contributed by atoms with van der Waals surface area (Å²) in [4.78, 5) is 8.18. The van der Waals surface area contributed by atoms with Gasteiger partial charge in [-0.2, -0.15) is 0 Å². The summed E-state index contributed by atoms with van der Waals surface area (Å²) in [6.45, 7) is 5.58. The van der Waals surface area contributed by atoms with Crippen molar-refractivity contribution in [3.63, 3.8) is 0 Å². The van der Waals surface area contributed by atoms with Crippen molar-refractivity contribution in [3.8, 4) is 0 Å². The second kappa shape index (κ2) is 3.14. The fourth-order valence-corrected chi connectivity index (χ4v) is 0.703. The number of aryl methyl sites for hydroxylation is 1. The zero-order chi connectivity index (χ0) is 8.27. The molecule has 3 heteroatoms. The van der Waals surface area contributed by atoms with Crippen LogP contribution in [0.3, 0.4) is 0 Å². The Bertz CT molecular complexity index is 251. The summed E-state index contributed by atoms with van der Waals surface area (Å²) in [5.41, 5.74) is 7.49. The maximum atomic E-state index is 5.41. The van der Waals surface area contributed by atoms with Gasteiger partial charge in [-0.1, -0.05) is 13.5 Å². The Morgan fingerprint density at radius 1 is 1.55 bits per heavy atom. The van der Waals surface area contributed by atoms with Gasteiger partial charge >= 0.3 is 0 Å². The molecule has 0 saturated heterocycles. The standard InChI is InChI=1S/C8H11N3/c1-3-7-4-11-8(5-10-7)6(2)9/h4-5H,2-3,9H2,1H3. The van der Waals surface area contributed by atoms with Gasteiger partial charge in [0.05, 0.1) is 17.6 Å². The molecule has 0 atom stereocenters. The molecule has 0 unspecified atom stereocenters. The van der Waals surface area contributed by atoms with Crippen molar-refractivity contribution in [3.05, 3.63) is 30.4 Å². The van der Waals surface area contributed by atoms with Crippen LogP contribution in [-0.2, 0) is 6.42 Å². The first-order valence-corrected chi connectivity index (χ1v) is 3.49. The van der Waals surface area contributed by atoms with Gasteiger partial charge in [0.25, 0.3) is 0 Å². The molecule has 0 spiro atoms. The van der Waals surface area contributed by atoms with E-state index in [0.29, 0.717) is 11.4 Å². The molecular weight excluding hydrogens is 138 g/mol. The van der Waals surface area contributed by atoms with E-state index >= 15 is 0 Å². The highest BCUT2D eigenvalue weighted by Crippen LogP contribution is 2.01. The number of hydrogen-bond donors (Lipinski definition) is 1. The van der Waals surface area contributed by atoms with E-state index in [2.05, 4.69) is 16.5 Å². The van der Waals surface area contributed by atoms with Gasteiger partial charge in [0.15, 0.2) is 0 Å². The predicted molar refractivity (Wildman–Crippen MR) is 44.6 cm³/mol. The van der Waals surface area contributed by atoms with Gasteiger partial charge in [0, 0.05) is 6.20 Å². The molecule has 0 aliphatic carbocycles. The molecule has 0 fully saturated rings. The van der Waals surface area contributed by atoms with Gasteiger partial charge in [-0.05, 0) is 6.42 Å². The van der Waals surface area contributed by atoms with Crippen LogP contribution in [0.1, 0.15) is 18.3 Å². The summed E-state index contributed by atoms with van der Waals surface area (Å²) >= 11 is 0. The van der Waals surface area contributed by atoms with Crippen LogP contribution >= 0.6 is 0 Å². The quantitative estimate of drug-likeness (QED) is 0.681. The van der Waals surface area contributed by atoms with E-state index in [9.17, 15) is 0 Å². The van der Waals surface area contributed by atoms with E-state index in [4.69, 9.17) is 5.73 Å². The zero-order valence-corrected chi connectivity index (χ0v) is 6.54. The third-order valence-corrected chi connectivity index (χ3v) is 1.40. The summed E-state index contributed by atoms with van der Waals surface area (Å²) in [6, 6.07) is 0. The maximum absolute atomic E-state index is 5.41. The molecule has 1 aromatic heterocycles. The van der Waals surface area contributed by atoms with E-state index in [-0.39, 0.29) is 0 Å². The number of nitrogens with zero attached hydrogens (tertiary/aromatic N) is 2. The number of hydrogen-bond acceptors (Lipinski definition) is 3. The summed E-state index contributed by atoms with van der Waals surface area (Å²) in [5.74, 6) is 0. The molecule has 1 aromatic rings. The summed E-state index contributed by atoms with van der Waals surface area (Å²) < 4.78 is 0. The third-order valence-electron chi connectivity index (χ3n) is 1.40. The fourth-order valence-electron chi connectivity index (χ4n) is 0.703. The SMILES string of the molecule is C=C(N)c1cnc(CC)cn1. The smallest absolute Gasteiger partial charge is 0.104 e. The van der Waals surface area contributed by atoms with Crippen LogP contribution in [0.4, 0.5) is 0 Å². The molecule has 0 aromatic carbocycles. The van der Waals surface area contributed by atoms with Crippen LogP contribution in [0.15, 0.2) is 19.0 Å². The van der Waals surface area contributed by atoms with Crippen LogP contribution in [0.25, 0.3) is 5.70 Å². The molecule has 2 N–H and O–H groups in total. The molecule has 11 heavy (non-hydrogen) atoms. The van der Waals surface area contributed by atoms with Crippen molar-refractivity contribution in [1.82, 2.24) is 9.97 Å². The molecule has 0 amide bonds. The molecule has 3 nitrogen and oxygen atoms in total. The highest BCUT2D eigenvalue weighted by atomic mass is 14.8. The monoisotopic (exact) mass is 149 g/mol. The zero-order valence-electron chi connectivity index (χ0n) is 6.54. The summed E-state index contributed by atoms with van der Waals surface area (Å²) in [7, 11) is 0. The predicted octanol–water partition coefficient (Wildman–Crippen LogP) is 0.968. The first kappa shape index (κ1) is 7.72. The molecule has 0 bridgehead atoms. The highest BCUT2D eigenvalue weighted by molar-refractivity contribution is 5.55. The highest BCUT2D eigenvalue weighted by Gasteiger charge is 1.95. The average Bonchev–Trinajstić information content (AvgIpc) is 2.05. The Kier molecular flexibility index (Phi) is 2.21. The number of nitrogens with two attached hydrogens (primary N) is 1. The molecule has 58 valence electrons. The summed E-state index contributed by atoms with van der Waals surface area (Å²) in [6.07, 6.45) is 4.25. The van der Waals surface area contributed by atoms with Gasteiger partial charge in [0.1, 0.15) is 5.69 Å². The molecule has 1 rings (SSSR count). The van der Waals surface area contributed by atoms with Gasteiger partial charge in [-0.25, -0.2) is 0 Å². The average molecular weight is 149 g/mol. The van der Waals surface area contributed by atoms with Gasteiger partial charge < -0.3 is 5.73 Å². The lowest BCUT2D eigenvalue weighted by Crippen LogP contribution is -1.99. The van der Waals surface area contributed by atoms with Crippen LogP contribution < -0.4 is 5.73 Å². The van der Waals surface area contributed by atoms with Crippen molar-refractivity contribution in [2.75, 3.05) is 0 Å². The molecule has 0 aliphatic heterocycles. The van der Waals surface area contributed by atoms with Gasteiger partial charge in [-0.15, -0.1) is 0 Å².